The average Bonchev–Trinajstić information content (AvgIpc) is 3.21. The van der Waals surface area contributed by atoms with Crippen molar-refractivity contribution in [2.24, 2.45) is 28.9 Å². The van der Waals surface area contributed by atoms with E-state index in [1.54, 1.807) is 19.1 Å². The predicted molar refractivity (Wildman–Crippen MR) is 125 cm³/mol. The molecule has 2 unspecified atom stereocenters. The molecule has 6 rings (SSSR count). The summed E-state index contributed by atoms with van der Waals surface area (Å²) in [5.74, 6) is 0.487. The Bertz CT molecular complexity index is 1080. The Morgan fingerprint density at radius 1 is 1.09 bits per heavy atom. The van der Waals surface area contributed by atoms with Gasteiger partial charge < -0.3 is 11.1 Å². The molecule has 0 radical (unpaired) electrons. The molecule has 2 atom stereocenters. The molecule has 0 spiro atoms. The minimum absolute atomic E-state index is 0.0311. The molecule has 2 amide bonds. The molecule has 5 saturated carbocycles. The molecule has 9 heteroatoms. The van der Waals surface area contributed by atoms with E-state index in [9.17, 15) is 18.0 Å². The lowest BCUT2D eigenvalue weighted by Crippen LogP contribution is -2.65. The Morgan fingerprint density at radius 3 is 2.33 bits per heavy atom. The zero-order valence-electron chi connectivity index (χ0n) is 18.9. The van der Waals surface area contributed by atoms with Crippen molar-refractivity contribution in [2.75, 3.05) is 0 Å². The molecule has 5 aliphatic rings. The van der Waals surface area contributed by atoms with E-state index in [2.05, 4.69) is 10.0 Å². The summed E-state index contributed by atoms with van der Waals surface area (Å²) in [5, 5.41) is 3.63. The topological polar surface area (TPSA) is 118 Å². The van der Waals surface area contributed by atoms with Gasteiger partial charge in [-0.2, -0.15) is 4.72 Å². The van der Waals surface area contributed by atoms with Gasteiger partial charge in [0.05, 0.1) is 4.90 Å². The summed E-state index contributed by atoms with van der Waals surface area (Å²) in [6.07, 6.45) is 6.82. The van der Waals surface area contributed by atoms with Gasteiger partial charge in [-0.3, -0.25) is 9.59 Å². The van der Waals surface area contributed by atoms with Crippen LogP contribution in [0.2, 0.25) is 5.02 Å². The van der Waals surface area contributed by atoms with E-state index >= 15 is 0 Å². The van der Waals surface area contributed by atoms with Crippen LogP contribution in [0.4, 0.5) is 0 Å². The SMILES string of the molecule is Cc1c(Cl)cccc1S(=O)(=O)NC1(C(=O)NC2C3CC4CC2CC(C(N)=O)(C4)C3)CCCC1. The summed E-state index contributed by atoms with van der Waals surface area (Å²) in [4.78, 5) is 26.0. The largest absolute Gasteiger partial charge is 0.369 e. The highest BCUT2D eigenvalue weighted by Crippen LogP contribution is 2.60. The maximum absolute atomic E-state index is 13.7. The van der Waals surface area contributed by atoms with Crippen molar-refractivity contribution in [3.63, 3.8) is 0 Å². The Hall–Kier alpha value is -1.64. The van der Waals surface area contributed by atoms with E-state index in [1.807, 2.05) is 0 Å². The first-order valence-corrected chi connectivity index (χ1v) is 13.8. The van der Waals surface area contributed by atoms with Crippen LogP contribution < -0.4 is 15.8 Å². The van der Waals surface area contributed by atoms with Crippen LogP contribution in [0.15, 0.2) is 23.1 Å². The molecule has 33 heavy (non-hydrogen) atoms. The number of hydrogen-bond acceptors (Lipinski definition) is 4. The molecule has 5 aliphatic carbocycles. The molecular weight excluding hydrogens is 462 g/mol. The lowest BCUT2D eigenvalue weighted by molar-refractivity contribution is -0.148. The Morgan fingerprint density at radius 2 is 1.73 bits per heavy atom. The summed E-state index contributed by atoms with van der Waals surface area (Å²) < 4.78 is 29.4. The van der Waals surface area contributed by atoms with Crippen molar-refractivity contribution in [2.45, 2.75) is 81.2 Å². The molecule has 7 nitrogen and oxygen atoms in total. The number of nitrogens with two attached hydrogens (primary N) is 1. The molecule has 0 aromatic heterocycles. The lowest BCUT2D eigenvalue weighted by Gasteiger charge is -2.59. The fourth-order valence-corrected chi connectivity index (χ4v) is 9.32. The van der Waals surface area contributed by atoms with Crippen molar-refractivity contribution in [1.82, 2.24) is 10.0 Å². The number of primary amides is 1. The van der Waals surface area contributed by atoms with Gasteiger partial charge in [-0.25, -0.2) is 8.42 Å². The number of nitrogens with one attached hydrogen (secondary N) is 2. The van der Waals surface area contributed by atoms with Crippen LogP contribution in [-0.2, 0) is 19.6 Å². The molecule has 0 aliphatic heterocycles. The second kappa shape index (κ2) is 7.95. The van der Waals surface area contributed by atoms with E-state index in [4.69, 9.17) is 17.3 Å². The van der Waals surface area contributed by atoms with Gasteiger partial charge in [0.2, 0.25) is 21.8 Å². The van der Waals surface area contributed by atoms with Crippen molar-refractivity contribution < 1.29 is 18.0 Å². The highest BCUT2D eigenvalue weighted by atomic mass is 35.5. The molecule has 4 N–H and O–H groups in total. The van der Waals surface area contributed by atoms with E-state index in [-0.39, 0.29) is 34.6 Å². The van der Waals surface area contributed by atoms with Crippen molar-refractivity contribution >= 4 is 33.4 Å². The van der Waals surface area contributed by atoms with Gasteiger partial charge >= 0.3 is 0 Å². The Balaban J connectivity index is 1.38. The minimum Gasteiger partial charge on any atom is -0.369 e. The van der Waals surface area contributed by atoms with Crippen molar-refractivity contribution in [1.29, 1.82) is 0 Å². The molecule has 0 heterocycles. The number of carbonyl (C=O) groups excluding carboxylic acids is 2. The van der Waals surface area contributed by atoms with E-state index < -0.39 is 21.0 Å². The monoisotopic (exact) mass is 493 g/mol. The van der Waals surface area contributed by atoms with Crippen LogP contribution in [0.3, 0.4) is 0 Å². The summed E-state index contributed by atoms with van der Waals surface area (Å²) >= 11 is 6.16. The molecule has 180 valence electrons. The van der Waals surface area contributed by atoms with Crippen LogP contribution in [0.1, 0.15) is 63.4 Å². The van der Waals surface area contributed by atoms with Gasteiger partial charge in [-0.1, -0.05) is 30.5 Å². The third-order valence-electron chi connectivity index (χ3n) is 8.82. The number of amides is 2. The number of carbonyl (C=O) groups is 2. The van der Waals surface area contributed by atoms with Crippen molar-refractivity contribution in [3.05, 3.63) is 28.8 Å². The summed E-state index contributed by atoms with van der Waals surface area (Å²) in [6.45, 7) is 1.67. The number of benzene rings is 1. The summed E-state index contributed by atoms with van der Waals surface area (Å²) in [6, 6.07) is 4.75. The average molecular weight is 494 g/mol. The molecule has 5 fully saturated rings. The maximum Gasteiger partial charge on any atom is 0.241 e. The molecule has 4 bridgehead atoms. The summed E-state index contributed by atoms with van der Waals surface area (Å²) in [7, 11) is -3.94. The predicted octanol–water partition coefficient (Wildman–Crippen LogP) is 3.04. The van der Waals surface area contributed by atoms with E-state index in [0.717, 1.165) is 44.9 Å². The fraction of sp³-hybridized carbons (Fsp3) is 0.667. The fourth-order valence-electron chi connectivity index (χ4n) is 7.40. The standard InChI is InChI=1S/C24H32ClN3O4S/c1-14-18(25)5-4-6-19(14)33(31,32)28-24(7-2-3-8-24)22(30)27-20-16-9-15-10-17(20)13-23(11-15,12-16)21(26)29/h4-6,15-17,20,28H,2-3,7-13H2,1H3,(H2,26,29)(H,27,30). The Kier molecular flexibility index (Phi) is 5.57. The van der Waals surface area contributed by atoms with Crippen molar-refractivity contribution in [3.8, 4) is 0 Å². The zero-order valence-corrected chi connectivity index (χ0v) is 20.5. The lowest BCUT2D eigenvalue weighted by atomic mass is 9.47. The third kappa shape index (κ3) is 3.78. The van der Waals surface area contributed by atoms with Crippen LogP contribution in [0.5, 0.6) is 0 Å². The number of halogens is 1. The third-order valence-corrected chi connectivity index (χ3v) is 10.9. The smallest absolute Gasteiger partial charge is 0.241 e. The van der Waals surface area contributed by atoms with Gasteiger partial charge in [0.15, 0.2) is 0 Å². The second-order valence-electron chi connectivity index (χ2n) is 10.9. The van der Waals surface area contributed by atoms with E-state index in [1.165, 1.54) is 6.07 Å². The normalized spacial score (nSPS) is 34.4. The van der Waals surface area contributed by atoms with Gasteiger partial charge in [0.25, 0.3) is 0 Å². The van der Waals surface area contributed by atoms with Gasteiger partial charge in [0, 0.05) is 16.5 Å². The van der Waals surface area contributed by atoms with Gasteiger partial charge in [-0.05, 0) is 87.3 Å². The first-order valence-electron chi connectivity index (χ1n) is 12.0. The zero-order chi connectivity index (χ0) is 23.6. The molecule has 1 aromatic carbocycles. The number of hydrogen-bond donors (Lipinski definition) is 3. The first-order chi connectivity index (χ1) is 15.6. The van der Waals surface area contributed by atoms with Crippen LogP contribution in [0, 0.1) is 30.1 Å². The van der Waals surface area contributed by atoms with Crippen LogP contribution in [-0.4, -0.2) is 31.8 Å². The highest BCUT2D eigenvalue weighted by Gasteiger charge is 2.59. The maximum atomic E-state index is 13.7. The highest BCUT2D eigenvalue weighted by molar-refractivity contribution is 7.89. The first kappa shape index (κ1) is 23.1. The molecule has 1 aromatic rings. The second-order valence-corrected chi connectivity index (χ2v) is 12.9. The number of rotatable bonds is 6. The molecule has 0 saturated heterocycles. The van der Waals surface area contributed by atoms with E-state index in [0.29, 0.717) is 29.3 Å². The van der Waals surface area contributed by atoms with Crippen LogP contribution >= 0.6 is 11.6 Å². The van der Waals surface area contributed by atoms with Gasteiger partial charge in [-0.15, -0.1) is 0 Å². The minimum atomic E-state index is -3.94. The number of sulfonamides is 1. The van der Waals surface area contributed by atoms with Gasteiger partial charge in [0.1, 0.15) is 5.54 Å². The quantitative estimate of drug-likeness (QED) is 0.564. The van der Waals surface area contributed by atoms with Crippen LogP contribution in [0.25, 0.3) is 0 Å². The summed E-state index contributed by atoms with van der Waals surface area (Å²) in [5.41, 5.74) is 4.68. The Labute approximate surface area is 200 Å². The molecular formula is C24H32ClN3O4S.